The van der Waals surface area contributed by atoms with Crippen molar-refractivity contribution in [2.45, 2.75) is 13.5 Å². The molecule has 0 fully saturated rings. The Bertz CT molecular complexity index is 1740. The normalized spacial score (nSPS) is 11.7. The van der Waals surface area contributed by atoms with Crippen LogP contribution in [-0.4, -0.2) is 49.9 Å². The number of ketones is 1. The number of fused-ring (bicyclic) bond motifs is 2. The van der Waals surface area contributed by atoms with Crippen LogP contribution < -0.4 is 0 Å². The van der Waals surface area contributed by atoms with Gasteiger partial charge in [-0.1, -0.05) is 6.07 Å². The number of nitrogens with zero attached hydrogens (tertiary/aromatic N) is 4. The lowest BCUT2D eigenvalue weighted by Gasteiger charge is -2.10. The molecule has 0 atom stereocenters. The van der Waals surface area contributed by atoms with Gasteiger partial charge in [-0.2, -0.15) is 5.10 Å². The quantitative estimate of drug-likeness (QED) is 0.272. The monoisotopic (exact) mass is 492 g/mol. The van der Waals surface area contributed by atoms with Gasteiger partial charge in [-0.05, 0) is 68.5 Å². The summed E-state index contributed by atoms with van der Waals surface area (Å²) in [5.41, 5.74) is 7.98. The Morgan fingerprint density at radius 2 is 1.78 bits per heavy atom. The summed E-state index contributed by atoms with van der Waals surface area (Å²) >= 11 is 1.49. The zero-order valence-corrected chi connectivity index (χ0v) is 21.0. The molecule has 5 heterocycles. The van der Waals surface area contributed by atoms with Gasteiger partial charge in [0.1, 0.15) is 5.69 Å². The Kier molecular flexibility index (Phi) is 5.47. The van der Waals surface area contributed by atoms with Crippen LogP contribution in [0.15, 0.2) is 67.3 Å². The Hall–Kier alpha value is -4.14. The van der Waals surface area contributed by atoms with Crippen molar-refractivity contribution >= 4 is 38.9 Å². The zero-order valence-electron chi connectivity index (χ0n) is 20.2. The number of Topliss-reactive ketones (excluding diaryl/α,β-unsaturated/α-hetero) is 1. The Morgan fingerprint density at radius 3 is 2.58 bits per heavy atom. The topological polar surface area (TPSA) is 90.6 Å². The third-order valence-electron chi connectivity index (χ3n) is 6.21. The molecule has 6 rings (SSSR count). The molecule has 0 amide bonds. The van der Waals surface area contributed by atoms with Crippen molar-refractivity contribution < 1.29 is 4.79 Å². The van der Waals surface area contributed by atoms with E-state index in [0.717, 1.165) is 66.2 Å². The van der Waals surface area contributed by atoms with Gasteiger partial charge in [-0.3, -0.25) is 19.9 Å². The lowest BCUT2D eigenvalue weighted by Crippen LogP contribution is -2.10. The number of aromatic nitrogens is 5. The van der Waals surface area contributed by atoms with E-state index in [9.17, 15) is 4.79 Å². The zero-order chi connectivity index (χ0) is 24.8. The van der Waals surface area contributed by atoms with Crippen molar-refractivity contribution in [1.29, 1.82) is 0 Å². The van der Waals surface area contributed by atoms with Crippen LogP contribution in [0.1, 0.15) is 22.2 Å². The number of hydrogen-bond donors (Lipinski definition) is 2. The van der Waals surface area contributed by atoms with Crippen LogP contribution in [0.2, 0.25) is 0 Å². The van der Waals surface area contributed by atoms with E-state index < -0.39 is 0 Å². The van der Waals surface area contributed by atoms with Crippen molar-refractivity contribution in [1.82, 2.24) is 30.0 Å². The average Bonchev–Trinajstić information content (AvgIpc) is 3.60. The molecule has 0 aliphatic carbocycles. The summed E-state index contributed by atoms with van der Waals surface area (Å²) in [6.07, 6.45) is 7.49. The largest absolute Gasteiger partial charge is 0.352 e. The predicted molar refractivity (Wildman–Crippen MR) is 145 cm³/mol. The summed E-state index contributed by atoms with van der Waals surface area (Å²) in [7, 11) is 4.11. The number of aromatic amines is 2. The molecule has 8 heteroatoms. The molecule has 0 spiro atoms. The minimum absolute atomic E-state index is 0.0717. The maximum atomic E-state index is 11.8. The first-order valence-electron chi connectivity index (χ1n) is 11.6. The van der Waals surface area contributed by atoms with Crippen LogP contribution in [0.5, 0.6) is 0 Å². The van der Waals surface area contributed by atoms with Crippen LogP contribution in [0.4, 0.5) is 0 Å². The van der Waals surface area contributed by atoms with Crippen molar-refractivity contribution in [3.8, 4) is 33.0 Å². The van der Waals surface area contributed by atoms with E-state index in [-0.39, 0.29) is 5.78 Å². The molecule has 0 aliphatic rings. The summed E-state index contributed by atoms with van der Waals surface area (Å²) in [4.78, 5) is 28.1. The van der Waals surface area contributed by atoms with Crippen LogP contribution >= 0.6 is 11.3 Å². The summed E-state index contributed by atoms with van der Waals surface area (Å²) < 4.78 is 0. The highest BCUT2D eigenvalue weighted by Gasteiger charge is 2.16. The van der Waals surface area contributed by atoms with E-state index in [1.165, 1.54) is 16.9 Å². The molecule has 2 N–H and O–H groups in total. The van der Waals surface area contributed by atoms with Crippen molar-refractivity contribution in [3.63, 3.8) is 0 Å². The van der Waals surface area contributed by atoms with Gasteiger partial charge in [-0.15, -0.1) is 11.3 Å². The molecule has 7 nitrogen and oxygen atoms in total. The second kappa shape index (κ2) is 8.82. The van der Waals surface area contributed by atoms with Gasteiger partial charge < -0.3 is 9.88 Å². The number of hydrogen-bond acceptors (Lipinski definition) is 6. The smallest absolute Gasteiger partial charge is 0.169 e. The van der Waals surface area contributed by atoms with Crippen molar-refractivity contribution in [2.24, 2.45) is 0 Å². The second-order valence-corrected chi connectivity index (χ2v) is 10.3. The molecule has 0 bridgehead atoms. The first-order valence-corrected chi connectivity index (χ1v) is 12.4. The molecule has 178 valence electrons. The molecule has 36 heavy (non-hydrogen) atoms. The molecule has 6 aromatic rings. The van der Waals surface area contributed by atoms with Gasteiger partial charge in [0.25, 0.3) is 0 Å². The van der Waals surface area contributed by atoms with E-state index in [0.29, 0.717) is 0 Å². The number of carbonyl (C=O) groups excluding carboxylic acids is 1. The third-order valence-corrected chi connectivity index (χ3v) is 7.43. The number of benzene rings is 1. The predicted octanol–water partition coefficient (Wildman–Crippen LogP) is 6.16. The fourth-order valence-electron chi connectivity index (χ4n) is 4.54. The van der Waals surface area contributed by atoms with Gasteiger partial charge >= 0.3 is 0 Å². The summed E-state index contributed by atoms with van der Waals surface area (Å²) in [5.74, 6) is 0.0717. The van der Waals surface area contributed by atoms with E-state index in [1.54, 1.807) is 6.92 Å². The minimum atomic E-state index is 0.0717. The minimum Gasteiger partial charge on any atom is -0.352 e. The number of thiophene rings is 1. The maximum Gasteiger partial charge on any atom is 0.169 e. The van der Waals surface area contributed by atoms with Crippen LogP contribution in [0, 0.1) is 0 Å². The number of rotatable bonds is 6. The molecule has 0 radical (unpaired) electrons. The molecular weight excluding hydrogens is 468 g/mol. The van der Waals surface area contributed by atoms with E-state index in [4.69, 9.17) is 0 Å². The number of carbonyl (C=O) groups is 1. The first kappa shape index (κ1) is 22.3. The van der Waals surface area contributed by atoms with Crippen LogP contribution in [0.3, 0.4) is 0 Å². The highest BCUT2D eigenvalue weighted by atomic mass is 32.1. The number of pyridine rings is 2. The van der Waals surface area contributed by atoms with E-state index in [1.807, 2.05) is 36.9 Å². The van der Waals surface area contributed by atoms with Crippen molar-refractivity contribution in [3.05, 3.63) is 77.7 Å². The SMILES string of the molecule is CC(=O)c1ccc(-c2cncc3[nH]c(-c4n[nH]c5ccc(-c6cncc(CN(C)C)c6)cc45)cc23)s1. The third kappa shape index (κ3) is 4.00. The lowest BCUT2D eigenvalue weighted by atomic mass is 10.0. The molecular formula is C28H24N6OS. The van der Waals surface area contributed by atoms with E-state index >= 15 is 0 Å². The Morgan fingerprint density at radius 1 is 0.917 bits per heavy atom. The lowest BCUT2D eigenvalue weighted by molar-refractivity contribution is 0.102. The van der Waals surface area contributed by atoms with Crippen LogP contribution in [-0.2, 0) is 6.54 Å². The van der Waals surface area contributed by atoms with Gasteiger partial charge in [-0.25, -0.2) is 0 Å². The molecule has 0 saturated heterocycles. The van der Waals surface area contributed by atoms with Gasteiger partial charge in [0.05, 0.1) is 27.8 Å². The van der Waals surface area contributed by atoms with E-state index in [2.05, 4.69) is 74.5 Å². The van der Waals surface area contributed by atoms with Crippen LogP contribution in [0.25, 0.3) is 54.8 Å². The maximum absolute atomic E-state index is 11.8. The highest BCUT2D eigenvalue weighted by Crippen LogP contribution is 2.37. The molecule has 0 saturated carbocycles. The summed E-state index contributed by atoms with van der Waals surface area (Å²) in [6, 6.07) is 14.5. The molecule has 5 aromatic heterocycles. The first-order chi connectivity index (χ1) is 17.5. The Balaban J connectivity index is 1.43. The Labute approximate surface area is 211 Å². The molecule has 0 aliphatic heterocycles. The fourth-order valence-corrected chi connectivity index (χ4v) is 5.47. The number of nitrogens with one attached hydrogen (secondary N) is 2. The van der Waals surface area contributed by atoms with Crippen molar-refractivity contribution in [2.75, 3.05) is 14.1 Å². The fraction of sp³-hybridized carbons (Fsp3) is 0.143. The second-order valence-electron chi connectivity index (χ2n) is 9.20. The number of H-pyrrole nitrogens is 2. The highest BCUT2D eigenvalue weighted by molar-refractivity contribution is 7.17. The van der Waals surface area contributed by atoms with Gasteiger partial charge in [0.15, 0.2) is 5.78 Å². The standard InChI is InChI=1S/C28H24N6OS/c1-16(35)26-6-7-27(36-26)22-13-30-14-25-20(22)10-24(31-25)28-21-9-18(4-5-23(21)32-33-28)19-8-17(11-29-12-19)15-34(2)3/h4-14,31H,15H2,1-3H3,(H,32,33). The summed E-state index contributed by atoms with van der Waals surface area (Å²) in [5, 5.41) is 9.88. The summed E-state index contributed by atoms with van der Waals surface area (Å²) in [6.45, 7) is 2.43. The van der Waals surface area contributed by atoms with Gasteiger partial charge in [0, 0.05) is 51.9 Å². The molecule has 0 unspecified atom stereocenters. The molecule has 1 aromatic carbocycles. The average molecular weight is 493 g/mol. The van der Waals surface area contributed by atoms with Gasteiger partial charge in [0.2, 0.25) is 0 Å².